The lowest BCUT2D eigenvalue weighted by Crippen LogP contribution is -2.57. The van der Waals surface area contributed by atoms with Crippen LogP contribution in [0.25, 0.3) is 0 Å². The maximum Gasteiger partial charge on any atom is 0.226 e. The summed E-state index contributed by atoms with van der Waals surface area (Å²) in [7, 11) is 0. The third-order valence-electron chi connectivity index (χ3n) is 2.86. The Morgan fingerprint density at radius 2 is 2.00 bits per heavy atom. The molecule has 0 spiro atoms. The number of hydrogen-bond donors (Lipinski definition) is 2. The molecule has 0 radical (unpaired) electrons. The lowest BCUT2D eigenvalue weighted by Gasteiger charge is -2.30. The highest BCUT2D eigenvalue weighted by molar-refractivity contribution is 6.68. The second-order valence-corrected chi connectivity index (χ2v) is 8.11. The number of halogens is 3. The molecule has 0 aliphatic carbocycles. The van der Waals surface area contributed by atoms with E-state index in [1.165, 1.54) is 0 Å². The van der Waals surface area contributed by atoms with Gasteiger partial charge in [0.15, 0.2) is 0 Å². The van der Waals surface area contributed by atoms with Gasteiger partial charge in [-0.3, -0.25) is 10.1 Å². The Bertz CT molecular complexity index is 307. The Balaban J connectivity index is 2.54. The summed E-state index contributed by atoms with van der Waals surface area (Å²) in [6, 6.07) is 0. The first kappa shape index (κ1) is 17.3. The second-order valence-electron chi connectivity index (χ2n) is 5.74. The van der Waals surface area contributed by atoms with Gasteiger partial charge in [-0.15, -0.1) is 0 Å². The monoisotopic (exact) mass is 330 g/mol. The third kappa shape index (κ3) is 6.05. The summed E-state index contributed by atoms with van der Waals surface area (Å²) in [5.74, 6) is -0.177. The Labute approximate surface area is 129 Å². The molecule has 1 saturated heterocycles. The van der Waals surface area contributed by atoms with Crippen molar-refractivity contribution in [1.82, 2.24) is 10.6 Å². The molecule has 2 atom stereocenters. The van der Waals surface area contributed by atoms with Gasteiger partial charge in [-0.05, 0) is 12.8 Å². The van der Waals surface area contributed by atoms with Crippen LogP contribution in [-0.2, 0) is 9.53 Å². The fraction of sp³-hybridized carbons (Fsp3) is 0.917. The van der Waals surface area contributed by atoms with Crippen molar-refractivity contribution in [2.24, 2.45) is 5.41 Å². The Kier molecular flexibility index (Phi) is 6.21. The summed E-state index contributed by atoms with van der Waals surface area (Å²) in [5, 5.41) is 5.77. The van der Waals surface area contributed by atoms with E-state index in [0.717, 1.165) is 19.4 Å². The van der Waals surface area contributed by atoms with Crippen LogP contribution in [0.2, 0.25) is 0 Å². The molecule has 19 heavy (non-hydrogen) atoms. The molecule has 0 saturated carbocycles. The van der Waals surface area contributed by atoms with E-state index < -0.39 is 15.4 Å². The fourth-order valence-corrected chi connectivity index (χ4v) is 2.05. The summed E-state index contributed by atoms with van der Waals surface area (Å²) >= 11 is 17.7. The normalized spacial score (nSPS) is 22.3. The highest BCUT2D eigenvalue weighted by atomic mass is 35.6. The Hall–Kier alpha value is 0.260. The van der Waals surface area contributed by atoms with E-state index in [2.05, 4.69) is 10.6 Å². The van der Waals surface area contributed by atoms with E-state index in [1.54, 1.807) is 20.8 Å². The lowest BCUT2D eigenvalue weighted by molar-refractivity contribution is -0.129. The van der Waals surface area contributed by atoms with Crippen LogP contribution in [0.5, 0.6) is 0 Å². The predicted octanol–water partition coefficient (Wildman–Crippen LogP) is 2.61. The number of ether oxygens (including phenoxy) is 1. The summed E-state index contributed by atoms with van der Waals surface area (Å²) in [6.45, 7) is 6.72. The number of hydrogen-bond acceptors (Lipinski definition) is 3. The van der Waals surface area contributed by atoms with Crippen molar-refractivity contribution in [3.8, 4) is 0 Å². The summed E-state index contributed by atoms with van der Waals surface area (Å²) in [6.07, 6.45) is 1.39. The van der Waals surface area contributed by atoms with Crippen molar-refractivity contribution in [1.29, 1.82) is 0 Å². The van der Waals surface area contributed by atoms with E-state index in [4.69, 9.17) is 39.5 Å². The van der Waals surface area contributed by atoms with E-state index in [0.29, 0.717) is 6.54 Å². The number of amides is 1. The van der Waals surface area contributed by atoms with Crippen LogP contribution in [0.1, 0.15) is 33.6 Å². The number of carbonyl (C=O) groups excluding carboxylic acids is 1. The minimum absolute atomic E-state index is 0.112. The topological polar surface area (TPSA) is 50.4 Å². The molecule has 2 N–H and O–H groups in total. The number of nitrogens with one attached hydrogen (secondary N) is 2. The van der Waals surface area contributed by atoms with Gasteiger partial charge in [0.2, 0.25) is 9.70 Å². The molecule has 1 heterocycles. The minimum Gasteiger partial charge on any atom is -0.377 e. The maximum atomic E-state index is 12.0. The molecular weight excluding hydrogens is 311 g/mol. The molecule has 112 valence electrons. The van der Waals surface area contributed by atoms with Crippen molar-refractivity contribution >= 4 is 40.7 Å². The van der Waals surface area contributed by atoms with E-state index in [-0.39, 0.29) is 12.0 Å². The maximum absolute atomic E-state index is 12.0. The molecule has 0 bridgehead atoms. The van der Waals surface area contributed by atoms with Gasteiger partial charge in [-0.1, -0.05) is 55.6 Å². The van der Waals surface area contributed by atoms with Crippen LogP contribution >= 0.6 is 34.8 Å². The quantitative estimate of drug-likeness (QED) is 0.615. The molecule has 1 aliphatic heterocycles. The molecule has 1 aliphatic rings. The molecular formula is C12H21Cl3N2O2. The predicted molar refractivity (Wildman–Crippen MR) is 78.7 cm³/mol. The van der Waals surface area contributed by atoms with E-state index >= 15 is 0 Å². The van der Waals surface area contributed by atoms with Gasteiger partial charge in [-0.2, -0.15) is 0 Å². The van der Waals surface area contributed by atoms with E-state index in [9.17, 15) is 4.79 Å². The number of alkyl halides is 3. The largest absolute Gasteiger partial charge is 0.377 e. The zero-order valence-electron chi connectivity index (χ0n) is 11.4. The third-order valence-corrected chi connectivity index (χ3v) is 3.51. The zero-order chi connectivity index (χ0) is 14.7. The first-order valence-corrected chi connectivity index (χ1v) is 7.47. The summed E-state index contributed by atoms with van der Waals surface area (Å²) < 4.78 is 3.87. The first-order valence-electron chi connectivity index (χ1n) is 6.33. The van der Waals surface area contributed by atoms with Crippen molar-refractivity contribution in [2.75, 3.05) is 13.2 Å². The molecule has 7 heteroatoms. The first-order chi connectivity index (χ1) is 8.60. The molecule has 1 rings (SSSR count). The summed E-state index contributed by atoms with van der Waals surface area (Å²) in [4.78, 5) is 12.0. The zero-order valence-corrected chi connectivity index (χ0v) is 13.7. The smallest absolute Gasteiger partial charge is 0.226 e. The molecule has 1 amide bonds. The van der Waals surface area contributed by atoms with Gasteiger partial charge in [0, 0.05) is 18.6 Å². The molecule has 0 aromatic rings. The van der Waals surface area contributed by atoms with Crippen LogP contribution in [0, 0.1) is 5.41 Å². The van der Waals surface area contributed by atoms with Gasteiger partial charge in [0.1, 0.15) is 6.17 Å². The Morgan fingerprint density at radius 3 is 2.42 bits per heavy atom. The van der Waals surface area contributed by atoms with Crippen LogP contribution in [-0.4, -0.2) is 35.1 Å². The van der Waals surface area contributed by atoms with Crippen molar-refractivity contribution in [2.45, 2.75) is 49.7 Å². The van der Waals surface area contributed by atoms with Gasteiger partial charge in [0.05, 0.1) is 6.10 Å². The standard InChI is InChI=1S/C12H21Cl3N2O2/c1-11(2,3)10(18)17-9(12(13,14)15)16-7-8-5-4-6-19-8/h8-9,16H,4-7H2,1-3H3,(H,17,18). The average Bonchev–Trinajstić information content (AvgIpc) is 2.73. The SMILES string of the molecule is CC(C)(C)C(=O)NC(NCC1CCCO1)C(Cl)(Cl)Cl. The fourth-order valence-electron chi connectivity index (χ4n) is 1.65. The number of carbonyl (C=O) groups is 1. The second kappa shape index (κ2) is 6.81. The highest BCUT2D eigenvalue weighted by Gasteiger charge is 2.36. The van der Waals surface area contributed by atoms with Crippen molar-refractivity contribution in [3.05, 3.63) is 0 Å². The highest BCUT2D eigenvalue weighted by Crippen LogP contribution is 2.30. The van der Waals surface area contributed by atoms with Crippen molar-refractivity contribution < 1.29 is 9.53 Å². The van der Waals surface area contributed by atoms with Crippen LogP contribution in [0.3, 0.4) is 0 Å². The van der Waals surface area contributed by atoms with E-state index in [1.807, 2.05) is 0 Å². The van der Waals surface area contributed by atoms with Crippen LogP contribution < -0.4 is 10.6 Å². The van der Waals surface area contributed by atoms with Crippen LogP contribution in [0.15, 0.2) is 0 Å². The number of rotatable bonds is 4. The minimum atomic E-state index is -1.61. The van der Waals surface area contributed by atoms with Gasteiger partial charge < -0.3 is 10.1 Å². The van der Waals surface area contributed by atoms with Gasteiger partial charge in [-0.25, -0.2) is 0 Å². The lowest BCUT2D eigenvalue weighted by atomic mass is 9.95. The molecule has 2 unspecified atom stereocenters. The van der Waals surface area contributed by atoms with Gasteiger partial charge in [0.25, 0.3) is 0 Å². The molecule has 4 nitrogen and oxygen atoms in total. The molecule has 0 aromatic heterocycles. The van der Waals surface area contributed by atoms with Crippen molar-refractivity contribution in [3.63, 3.8) is 0 Å². The average molecular weight is 332 g/mol. The molecule has 0 aromatic carbocycles. The summed E-state index contributed by atoms with van der Waals surface area (Å²) in [5.41, 5.74) is -0.542. The van der Waals surface area contributed by atoms with Crippen LogP contribution in [0.4, 0.5) is 0 Å². The Morgan fingerprint density at radius 1 is 1.37 bits per heavy atom. The van der Waals surface area contributed by atoms with Gasteiger partial charge >= 0.3 is 0 Å². The molecule has 1 fully saturated rings.